The van der Waals surface area contributed by atoms with Crippen molar-refractivity contribution in [2.75, 3.05) is 13.2 Å². The lowest BCUT2D eigenvalue weighted by Crippen LogP contribution is -1.57. The van der Waals surface area contributed by atoms with Crippen LogP contribution < -0.4 is 0 Å². The minimum absolute atomic E-state index is 0.250. The molecule has 0 aliphatic rings. The highest BCUT2D eigenvalue weighted by atomic mass is 16.3. The van der Waals surface area contributed by atoms with E-state index < -0.39 is 0 Å². The van der Waals surface area contributed by atoms with Gasteiger partial charge in [-0.15, -0.1) is 6.58 Å². The van der Waals surface area contributed by atoms with E-state index in [1.165, 1.54) is 0 Å². The third-order valence-corrected chi connectivity index (χ3v) is 0. The molecule has 0 aliphatic carbocycles. The molecule has 0 aromatic rings. The molecule has 2 heteroatoms. The fraction of sp³-hybridized carbons (Fsp3) is 0.714. The van der Waals surface area contributed by atoms with Crippen LogP contribution in [0.1, 0.15) is 20.8 Å². The van der Waals surface area contributed by atoms with Gasteiger partial charge in [-0.1, -0.05) is 6.08 Å². The molecule has 0 radical (unpaired) electrons. The molecule has 9 heavy (non-hydrogen) atoms. The van der Waals surface area contributed by atoms with Crippen LogP contribution in [0.5, 0.6) is 0 Å². The Bertz CT molecular complexity index is 26.1. The Balaban J connectivity index is -0.0000000600. The molecule has 0 aromatic carbocycles. The van der Waals surface area contributed by atoms with Crippen molar-refractivity contribution in [3.05, 3.63) is 12.7 Å². The predicted molar refractivity (Wildman–Crippen MR) is 41.4 cm³/mol. The highest BCUT2D eigenvalue weighted by Gasteiger charge is 1.34. The second-order valence-electron chi connectivity index (χ2n) is 1.04. The van der Waals surface area contributed by atoms with Gasteiger partial charge in [0.1, 0.15) is 0 Å². The van der Waals surface area contributed by atoms with Crippen LogP contribution in [0.25, 0.3) is 0 Å². The summed E-state index contributed by atoms with van der Waals surface area (Å²) in [6, 6.07) is 0. The Morgan fingerprint density at radius 3 is 1.22 bits per heavy atom. The van der Waals surface area contributed by atoms with Crippen LogP contribution in [0.3, 0.4) is 0 Å². The fourth-order valence-corrected chi connectivity index (χ4v) is 0. The molecule has 58 valence electrons. The zero-order valence-corrected chi connectivity index (χ0v) is 6.59. The lowest BCUT2D eigenvalue weighted by atomic mass is 10.8. The van der Waals surface area contributed by atoms with Crippen molar-refractivity contribution >= 4 is 0 Å². The largest absolute Gasteiger partial charge is 0.397 e. The summed E-state index contributed by atoms with van der Waals surface area (Å²) in [6.07, 6.45) is 1.75. The van der Waals surface area contributed by atoms with Crippen molar-refractivity contribution in [1.29, 1.82) is 0 Å². The zero-order chi connectivity index (χ0) is 8.12. The van der Waals surface area contributed by atoms with Gasteiger partial charge in [0, 0.05) is 13.2 Å². The van der Waals surface area contributed by atoms with Crippen molar-refractivity contribution < 1.29 is 10.2 Å². The highest BCUT2D eigenvalue weighted by molar-refractivity contribution is 4.51. The van der Waals surface area contributed by atoms with Crippen LogP contribution in [0, 0.1) is 0 Å². The number of aliphatic hydroxyl groups excluding tert-OH is 2. The summed E-state index contributed by atoms with van der Waals surface area (Å²) < 4.78 is 0. The van der Waals surface area contributed by atoms with E-state index in [4.69, 9.17) is 10.2 Å². The van der Waals surface area contributed by atoms with Crippen LogP contribution >= 0.6 is 0 Å². The van der Waals surface area contributed by atoms with Crippen LogP contribution in [-0.4, -0.2) is 23.4 Å². The van der Waals surface area contributed by atoms with Crippen molar-refractivity contribution in [3.63, 3.8) is 0 Å². The number of aliphatic hydroxyl groups is 2. The van der Waals surface area contributed by atoms with E-state index in [0.29, 0.717) is 0 Å². The summed E-state index contributed by atoms with van der Waals surface area (Å²) in [5.74, 6) is 0. The van der Waals surface area contributed by atoms with E-state index in [1.54, 1.807) is 19.9 Å². The first kappa shape index (κ1) is 15.9. The first-order chi connectivity index (χ1) is 4.24. The smallest absolute Gasteiger partial charge is 0.0402 e. The standard InChI is InChI=1S/C3H6.2C2H6O/c1-3-2;2*1-2-3/h3H,1H2,2H3;2*3H,2H2,1H3. The minimum Gasteiger partial charge on any atom is -0.397 e. The molecule has 0 atom stereocenters. The Hall–Kier alpha value is -0.340. The number of hydrogen-bond acceptors (Lipinski definition) is 2. The summed E-state index contributed by atoms with van der Waals surface area (Å²) in [5, 5.41) is 15.1. The lowest BCUT2D eigenvalue weighted by Gasteiger charge is -1.52. The van der Waals surface area contributed by atoms with Crippen molar-refractivity contribution in [2.45, 2.75) is 20.8 Å². The monoisotopic (exact) mass is 134 g/mol. The summed E-state index contributed by atoms with van der Waals surface area (Å²) in [6.45, 7) is 9.11. The van der Waals surface area contributed by atoms with Gasteiger partial charge >= 0.3 is 0 Å². The molecule has 2 N–H and O–H groups in total. The molecular formula is C7H18O2. The highest BCUT2D eigenvalue weighted by Crippen LogP contribution is 1.38. The lowest BCUT2D eigenvalue weighted by molar-refractivity contribution is 0.318. The average molecular weight is 134 g/mol. The van der Waals surface area contributed by atoms with Gasteiger partial charge in [0.15, 0.2) is 0 Å². The van der Waals surface area contributed by atoms with Gasteiger partial charge in [0.2, 0.25) is 0 Å². The van der Waals surface area contributed by atoms with E-state index in [-0.39, 0.29) is 13.2 Å². The van der Waals surface area contributed by atoms with Gasteiger partial charge in [-0.2, -0.15) is 0 Å². The Morgan fingerprint density at radius 1 is 1.22 bits per heavy atom. The molecule has 0 aromatic heterocycles. The maximum atomic E-state index is 7.57. The Kier molecular flexibility index (Phi) is 84.6. The van der Waals surface area contributed by atoms with Crippen LogP contribution in [0.2, 0.25) is 0 Å². The third kappa shape index (κ3) is 2120. The normalized spacial score (nSPS) is 5.44. The Morgan fingerprint density at radius 2 is 1.22 bits per heavy atom. The molecule has 0 amide bonds. The summed E-state index contributed by atoms with van der Waals surface area (Å²) in [5.41, 5.74) is 0. The van der Waals surface area contributed by atoms with Crippen LogP contribution in [0.15, 0.2) is 12.7 Å². The van der Waals surface area contributed by atoms with Crippen molar-refractivity contribution in [2.24, 2.45) is 0 Å². The molecule has 0 rings (SSSR count). The molecule has 2 nitrogen and oxygen atoms in total. The van der Waals surface area contributed by atoms with Crippen molar-refractivity contribution in [3.8, 4) is 0 Å². The number of allylic oxidation sites excluding steroid dienone is 1. The predicted octanol–water partition coefficient (Wildman–Crippen LogP) is 1.19. The zero-order valence-electron chi connectivity index (χ0n) is 6.59. The molecule has 0 heterocycles. The maximum Gasteiger partial charge on any atom is 0.0402 e. The van der Waals surface area contributed by atoms with Gasteiger partial charge in [-0.25, -0.2) is 0 Å². The third-order valence-electron chi connectivity index (χ3n) is 0. The molecule has 0 saturated carbocycles. The molecule has 0 aliphatic heterocycles. The van der Waals surface area contributed by atoms with Gasteiger partial charge in [-0.3, -0.25) is 0 Å². The molecule has 0 unspecified atom stereocenters. The summed E-state index contributed by atoms with van der Waals surface area (Å²) in [4.78, 5) is 0. The topological polar surface area (TPSA) is 40.5 Å². The molecule has 0 bridgehead atoms. The van der Waals surface area contributed by atoms with E-state index in [9.17, 15) is 0 Å². The molecule has 0 spiro atoms. The Labute approximate surface area is 57.8 Å². The van der Waals surface area contributed by atoms with E-state index in [0.717, 1.165) is 0 Å². The van der Waals surface area contributed by atoms with E-state index >= 15 is 0 Å². The second-order valence-corrected chi connectivity index (χ2v) is 1.04. The van der Waals surface area contributed by atoms with Crippen LogP contribution in [0.4, 0.5) is 0 Å². The molecular weight excluding hydrogens is 116 g/mol. The maximum absolute atomic E-state index is 7.57. The van der Waals surface area contributed by atoms with Crippen LogP contribution in [-0.2, 0) is 0 Å². The first-order valence-electron chi connectivity index (χ1n) is 3.03. The van der Waals surface area contributed by atoms with Gasteiger partial charge < -0.3 is 10.2 Å². The van der Waals surface area contributed by atoms with Gasteiger partial charge in [-0.05, 0) is 20.8 Å². The first-order valence-corrected chi connectivity index (χ1v) is 3.03. The average Bonchev–Trinajstić information content (AvgIpc) is 1.70. The summed E-state index contributed by atoms with van der Waals surface area (Å²) >= 11 is 0. The molecule has 0 saturated heterocycles. The van der Waals surface area contributed by atoms with Crippen molar-refractivity contribution in [1.82, 2.24) is 0 Å². The van der Waals surface area contributed by atoms with Gasteiger partial charge in [0.25, 0.3) is 0 Å². The van der Waals surface area contributed by atoms with E-state index in [1.807, 2.05) is 6.92 Å². The number of hydrogen-bond donors (Lipinski definition) is 2. The number of rotatable bonds is 0. The SMILES string of the molecule is C=CC.CCO.CCO. The fourth-order valence-electron chi connectivity index (χ4n) is 0. The second kappa shape index (κ2) is 48.0. The summed E-state index contributed by atoms with van der Waals surface area (Å²) in [7, 11) is 0. The minimum atomic E-state index is 0.250. The molecule has 0 fully saturated rings. The van der Waals surface area contributed by atoms with Gasteiger partial charge in [0.05, 0.1) is 0 Å². The quantitative estimate of drug-likeness (QED) is 0.488. The van der Waals surface area contributed by atoms with E-state index in [2.05, 4.69) is 6.58 Å².